The largest absolute Gasteiger partial charge is 0.507 e. The van der Waals surface area contributed by atoms with E-state index in [1.807, 2.05) is 30.3 Å². The summed E-state index contributed by atoms with van der Waals surface area (Å²) in [6.07, 6.45) is 0.839. The van der Waals surface area contributed by atoms with Crippen LogP contribution >= 0.6 is 0 Å². The Morgan fingerprint density at radius 3 is 2.42 bits per heavy atom. The molecule has 2 nitrogen and oxygen atoms in total. The molecule has 0 heterocycles. The molecular weight excluding hydrogens is 320 g/mol. The molecular formula is C24H18O2. The SMILES string of the molecule is COc1ccc2c(O)cc3c(c2c1)-c1ccc(-c2ccccc2)cc1C3. The molecule has 0 aromatic heterocycles. The molecule has 2 heteroatoms. The third kappa shape index (κ3) is 2.19. The lowest BCUT2D eigenvalue weighted by Crippen LogP contribution is -1.87. The highest BCUT2D eigenvalue weighted by atomic mass is 16.5. The smallest absolute Gasteiger partial charge is 0.123 e. The third-order valence-corrected chi connectivity index (χ3v) is 5.27. The fourth-order valence-electron chi connectivity index (χ4n) is 4.03. The van der Waals surface area contributed by atoms with E-state index in [-0.39, 0.29) is 0 Å². The maximum atomic E-state index is 10.5. The van der Waals surface area contributed by atoms with Gasteiger partial charge in [-0.25, -0.2) is 0 Å². The lowest BCUT2D eigenvalue weighted by atomic mass is 9.95. The quantitative estimate of drug-likeness (QED) is 0.441. The van der Waals surface area contributed by atoms with Crippen LogP contribution in [0.3, 0.4) is 0 Å². The lowest BCUT2D eigenvalue weighted by molar-refractivity contribution is 0.415. The number of phenols is 1. The molecule has 0 atom stereocenters. The number of aromatic hydroxyl groups is 1. The molecule has 1 aliphatic carbocycles. The van der Waals surface area contributed by atoms with Crippen LogP contribution in [0, 0.1) is 0 Å². The third-order valence-electron chi connectivity index (χ3n) is 5.27. The Bertz CT molecular complexity index is 1140. The van der Waals surface area contributed by atoms with Crippen molar-refractivity contribution >= 4 is 10.8 Å². The number of fused-ring (bicyclic) bond motifs is 5. The number of hydrogen-bond donors (Lipinski definition) is 1. The Morgan fingerprint density at radius 2 is 1.62 bits per heavy atom. The van der Waals surface area contributed by atoms with E-state index in [0.717, 1.165) is 22.9 Å². The first-order chi connectivity index (χ1) is 12.7. The number of phenolic OH excluding ortho intramolecular Hbond substituents is 1. The predicted octanol–water partition coefficient (Wildman–Crippen LogP) is 5.79. The maximum Gasteiger partial charge on any atom is 0.123 e. The van der Waals surface area contributed by atoms with Gasteiger partial charge in [0.1, 0.15) is 11.5 Å². The zero-order chi connectivity index (χ0) is 17.7. The highest BCUT2D eigenvalue weighted by molar-refractivity contribution is 6.04. The van der Waals surface area contributed by atoms with Crippen molar-refractivity contribution in [2.45, 2.75) is 6.42 Å². The number of hydrogen-bond acceptors (Lipinski definition) is 2. The van der Waals surface area contributed by atoms with Crippen molar-refractivity contribution < 1.29 is 9.84 Å². The van der Waals surface area contributed by atoms with Crippen LogP contribution in [-0.4, -0.2) is 12.2 Å². The molecule has 1 N–H and O–H groups in total. The highest BCUT2D eigenvalue weighted by Crippen LogP contribution is 2.46. The molecule has 26 heavy (non-hydrogen) atoms. The minimum Gasteiger partial charge on any atom is -0.507 e. The second kappa shape index (κ2) is 5.63. The molecule has 0 fully saturated rings. The Balaban J connectivity index is 1.73. The van der Waals surface area contributed by atoms with Gasteiger partial charge in [0.15, 0.2) is 0 Å². The van der Waals surface area contributed by atoms with Gasteiger partial charge < -0.3 is 9.84 Å². The van der Waals surface area contributed by atoms with Crippen LogP contribution in [0.5, 0.6) is 11.5 Å². The van der Waals surface area contributed by atoms with Crippen LogP contribution in [-0.2, 0) is 6.42 Å². The van der Waals surface area contributed by atoms with E-state index in [0.29, 0.717) is 5.75 Å². The van der Waals surface area contributed by atoms with Gasteiger partial charge in [-0.1, -0.05) is 48.5 Å². The van der Waals surface area contributed by atoms with E-state index in [4.69, 9.17) is 4.74 Å². The second-order valence-corrected chi connectivity index (χ2v) is 6.76. The molecule has 0 radical (unpaired) electrons. The van der Waals surface area contributed by atoms with Crippen molar-refractivity contribution in [3.8, 4) is 33.8 Å². The van der Waals surface area contributed by atoms with Gasteiger partial charge in [0.25, 0.3) is 0 Å². The van der Waals surface area contributed by atoms with Gasteiger partial charge in [0, 0.05) is 5.39 Å². The summed E-state index contributed by atoms with van der Waals surface area (Å²) in [4.78, 5) is 0. The van der Waals surface area contributed by atoms with Gasteiger partial charge in [0.2, 0.25) is 0 Å². The van der Waals surface area contributed by atoms with E-state index in [9.17, 15) is 5.11 Å². The summed E-state index contributed by atoms with van der Waals surface area (Å²) < 4.78 is 5.41. The summed E-state index contributed by atoms with van der Waals surface area (Å²) in [5, 5.41) is 12.4. The van der Waals surface area contributed by atoms with E-state index >= 15 is 0 Å². The molecule has 4 aromatic rings. The van der Waals surface area contributed by atoms with E-state index in [1.54, 1.807) is 7.11 Å². The first-order valence-corrected chi connectivity index (χ1v) is 8.76. The number of ether oxygens (including phenoxy) is 1. The van der Waals surface area contributed by atoms with Gasteiger partial charge in [-0.2, -0.15) is 0 Å². The zero-order valence-electron chi connectivity index (χ0n) is 14.5. The highest BCUT2D eigenvalue weighted by Gasteiger charge is 2.23. The van der Waals surface area contributed by atoms with Gasteiger partial charge in [-0.3, -0.25) is 0 Å². The summed E-state index contributed by atoms with van der Waals surface area (Å²) >= 11 is 0. The van der Waals surface area contributed by atoms with Crippen molar-refractivity contribution in [1.29, 1.82) is 0 Å². The van der Waals surface area contributed by atoms with E-state index in [2.05, 4.69) is 42.5 Å². The monoisotopic (exact) mass is 338 g/mol. The van der Waals surface area contributed by atoms with Crippen LogP contribution in [0.1, 0.15) is 11.1 Å². The summed E-state index contributed by atoms with van der Waals surface area (Å²) in [5.41, 5.74) is 7.38. The Kier molecular flexibility index (Phi) is 3.26. The molecule has 0 unspecified atom stereocenters. The minimum absolute atomic E-state index is 0.331. The van der Waals surface area contributed by atoms with Crippen LogP contribution in [0.25, 0.3) is 33.0 Å². The number of methoxy groups -OCH3 is 1. The molecule has 1 aliphatic rings. The average Bonchev–Trinajstić information content (AvgIpc) is 3.05. The summed E-state index contributed by atoms with van der Waals surface area (Å²) in [6, 6.07) is 24.9. The minimum atomic E-state index is 0.331. The average molecular weight is 338 g/mol. The number of benzene rings is 4. The van der Waals surface area contributed by atoms with Gasteiger partial charge >= 0.3 is 0 Å². The fourth-order valence-corrected chi connectivity index (χ4v) is 4.03. The van der Waals surface area contributed by atoms with Gasteiger partial charge in [-0.15, -0.1) is 0 Å². The van der Waals surface area contributed by atoms with Crippen molar-refractivity contribution in [3.63, 3.8) is 0 Å². The molecule has 0 saturated heterocycles. The first kappa shape index (κ1) is 15.0. The normalized spacial score (nSPS) is 12.0. The Morgan fingerprint density at radius 1 is 0.769 bits per heavy atom. The lowest BCUT2D eigenvalue weighted by Gasteiger charge is -2.11. The van der Waals surface area contributed by atoms with Crippen LogP contribution < -0.4 is 4.74 Å². The molecule has 0 amide bonds. The molecule has 126 valence electrons. The second-order valence-electron chi connectivity index (χ2n) is 6.76. The zero-order valence-corrected chi connectivity index (χ0v) is 14.5. The standard InChI is InChI=1S/C24H18O2/c1-26-19-8-10-21-22(14-19)24-18(13-23(21)25)12-17-11-16(7-9-20(17)24)15-5-3-2-4-6-15/h2-11,13-14,25H,12H2,1H3. The van der Waals surface area contributed by atoms with E-state index < -0.39 is 0 Å². The van der Waals surface area contributed by atoms with Crippen LogP contribution in [0.15, 0.2) is 72.8 Å². The first-order valence-electron chi connectivity index (χ1n) is 8.76. The summed E-state index contributed by atoms with van der Waals surface area (Å²) in [5.74, 6) is 1.14. The number of rotatable bonds is 2. The summed E-state index contributed by atoms with van der Waals surface area (Å²) in [7, 11) is 1.67. The van der Waals surface area contributed by atoms with Crippen molar-refractivity contribution in [1.82, 2.24) is 0 Å². The van der Waals surface area contributed by atoms with Crippen molar-refractivity contribution in [2.24, 2.45) is 0 Å². The van der Waals surface area contributed by atoms with E-state index in [1.165, 1.54) is 33.4 Å². The molecule has 0 saturated carbocycles. The molecule has 0 bridgehead atoms. The fraction of sp³-hybridized carbons (Fsp3) is 0.0833. The molecule has 4 aromatic carbocycles. The van der Waals surface area contributed by atoms with Crippen molar-refractivity contribution in [3.05, 3.63) is 83.9 Å². The molecule has 5 rings (SSSR count). The summed E-state index contributed by atoms with van der Waals surface area (Å²) in [6.45, 7) is 0. The Hall–Kier alpha value is -3.26. The topological polar surface area (TPSA) is 29.5 Å². The van der Waals surface area contributed by atoms with Crippen molar-refractivity contribution in [2.75, 3.05) is 7.11 Å². The Labute approximate surface area is 152 Å². The van der Waals surface area contributed by atoms with Gasteiger partial charge in [-0.05, 0) is 69.5 Å². The maximum absolute atomic E-state index is 10.5. The molecule has 0 aliphatic heterocycles. The van der Waals surface area contributed by atoms with Crippen LogP contribution in [0.4, 0.5) is 0 Å². The molecule has 0 spiro atoms. The van der Waals surface area contributed by atoms with Gasteiger partial charge in [0.05, 0.1) is 7.11 Å². The predicted molar refractivity (Wildman–Crippen MR) is 106 cm³/mol. The van der Waals surface area contributed by atoms with Crippen LogP contribution in [0.2, 0.25) is 0 Å².